The van der Waals surface area contributed by atoms with E-state index >= 15 is 0 Å². The number of benzene rings is 1. The summed E-state index contributed by atoms with van der Waals surface area (Å²) in [6, 6.07) is 9.23. The number of carbonyl (C=O) groups is 1. The Hall–Kier alpha value is -1.67. The quantitative estimate of drug-likeness (QED) is 0.779. The van der Waals surface area contributed by atoms with Gasteiger partial charge in [0.1, 0.15) is 0 Å². The van der Waals surface area contributed by atoms with Gasteiger partial charge >= 0.3 is 0 Å². The summed E-state index contributed by atoms with van der Waals surface area (Å²) < 4.78 is 0. The molecule has 0 radical (unpaired) electrons. The summed E-state index contributed by atoms with van der Waals surface area (Å²) >= 11 is 6.19. The molecule has 2 rings (SSSR count). The molecule has 0 aliphatic rings. The molecule has 3 heteroatoms. The number of ketones is 1. The third-order valence-electron chi connectivity index (χ3n) is 3.06. The molecule has 1 heterocycles. The van der Waals surface area contributed by atoms with E-state index in [-0.39, 0.29) is 11.7 Å². The standard InChI is InChI=1S/C15H14ClNO/c1-10-4-3-5-13(14(10)16)15(18)11(2)12-6-8-17-9-7-12/h3-9,11H,1-2H3. The molecule has 2 aromatic rings. The van der Waals surface area contributed by atoms with Crippen molar-refractivity contribution < 1.29 is 4.79 Å². The maximum Gasteiger partial charge on any atom is 0.171 e. The van der Waals surface area contributed by atoms with E-state index in [1.165, 1.54) is 0 Å². The molecule has 18 heavy (non-hydrogen) atoms. The van der Waals surface area contributed by atoms with Gasteiger partial charge in [0.15, 0.2) is 5.78 Å². The van der Waals surface area contributed by atoms with Crippen molar-refractivity contribution in [1.82, 2.24) is 4.98 Å². The normalized spacial score (nSPS) is 12.2. The lowest BCUT2D eigenvalue weighted by Gasteiger charge is -2.12. The van der Waals surface area contributed by atoms with Crippen LogP contribution < -0.4 is 0 Å². The zero-order valence-electron chi connectivity index (χ0n) is 10.4. The molecule has 0 saturated heterocycles. The summed E-state index contributed by atoms with van der Waals surface area (Å²) in [4.78, 5) is 16.4. The second kappa shape index (κ2) is 5.32. The maximum atomic E-state index is 12.4. The van der Waals surface area contributed by atoms with Gasteiger partial charge in [0.25, 0.3) is 0 Å². The number of pyridine rings is 1. The highest BCUT2D eigenvalue weighted by atomic mass is 35.5. The first-order chi connectivity index (χ1) is 8.61. The molecular formula is C15H14ClNO. The summed E-state index contributed by atoms with van der Waals surface area (Å²) in [5.74, 6) is -0.179. The lowest BCUT2D eigenvalue weighted by atomic mass is 9.92. The van der Waals surface area contributed by atoms with Crippen molar-refractivity contribution >= 4 is 17.4 Å². The number of aryl methyl sites for hydroxylation is 1. The van der Waals surface area contributed by atoms with Crippen LogP contribution in [0.15, 0.2) is 42.7 Å². The molecule has 0 aliphatic heterocycles. The van der Waals surface area contributed by atoms with E-state index in [1.807, 2.05) is 38.1 Å². The van der Waals surface area contributed by atoms with Gasteiger partial charge in [-0.05, 0) is 36.2 Å². The van der Waals surface area contributed by atoms with Crippen LogP contribution in [-0.4, -0.2) is 10.8 Å². The van der Waals surface area contributed by atoms with Gasteiger partial charge in [-0.15, -0.1) is 0 Å². The number of aromatic nitrogens is 1. The molecule has 1 unspecified atom stereocenters. The number of carbonyl (C=O) groups excluding carboxylic acids is 1. The minimum atomic E-state index is -0.215. The molecule has 2 nitrogen and oxygen atoms in total. The summed E-state index contributed by atoms with van der Waals surface area (Å²) in [5, 5.41) is 0.545. The summed E-state index contributed by atoms with van der Waals surface area (Å²) in [6.45, 7) is 3.78. The highest BCUT2D eigenvalue weighted by Gasteiger charge is 2.19. The van der Waals surface area contributed by atoms with Crippen molar-refractivity contribution in [2.24, 2.45) is 0 Å². The minimum absolute atomic E-state index is 0.0369. The second-order valence-corrected chi connectivity index (χ2v) is 4.68. The van der Waals surface area contributed by atoms with Crippen molar-refractivity contribution in [3.63, 3.8) is 0 Å². The molecule has 0 amide bonds. The van der Waals surface area contributed by atoms with E-state index < -0.39 is 0 Å². The van der Waals surface area contributed by atoms with Crippen LogP contribution in [0.1, 0.15) is 34.3 Å². The molecule has 0 bridgehead atoms. The minimum Gasteiger partial charge on any atom is -0.293 e. The fourth-order valence-electron chi connectivity index (χ4n) is 1.87. The Kier molecular flexibility index (Phi) is 3.78. The zero-order chi connectivity index (χ0) is 13.1. The Morgan fingerprint density at radius 3 is 2.56 bits per heavy atom. The predicted molar refractivity (Wildman–Crippen MR) is 73.2 cm³/mol. The Morgan fingerprint density at radius 1 is 1.22 bits per heavy atom. The first-order valence-electron chi connectivity index (χ1n) is 5.80. The average molecular weight is 260 g/mol. The molecule has 0 N–H and O–H groups in total. The van der Waals surface area contributed by atoms with Crippen molar-refractivity contribution in [3.05, 3.63) is 64.4 Å². The van der Waals surface area contributed by atoms with Gasteiger partial charge in [0.05, 0.1) is 5.02 Å². The molecular weight excluding hydrogens is 246 g/mol. The maximum absolute atomic E-state index is 12.4. The van der Waals surface area contributed by atoms with Crippen LogP contribution in [0.4, 0.5) is 0 Å². The monoisotopic (exact) mass is 259 g/mol. The molecule has 1 aromatic carbocycles. The number of halogens is 1. The first-order valence-corrected chi connectivity index (χ1v) is 6.18. The van der Waals surface area contributed by atoms with E-state index in [9.17, 15) is 4.79 Å². The molecule has 1 atom stereocenters. The van der Waals surface area contributed by atoms with Gasteiger partial charge in [0.2, 0.25) is 0 Å². The van der Waals surface area contributed by atoms with Crippen molar-refractivity contribution in [1.29, 1.82) is 0 Å². The van der Waals surface area contributed by atoms with Crippen LogP contribution >= 0.6 is 11.6 Å². The summed E-state index contributed by atoms with van der Waals surface area (Å²) in [5.41, 5.74) is 2.46. The largest absolute Gasteiger partial charge is 0.293 e. The number of Topliss-reactive ketones (excluding diaryl/α,β-unsaturated/α-hetero) is 1. The molecule has 0 spiro atoms. The van der Waals surface area contributed by atoms with Gasteiger partial charge in [0, 0.05) is 23.9 Å². The van der Waals surface area contributed by atoms with Gasteiger partial charge in [-0.3, -0.25) is 9.78 Å². The number of nitrogens with zero attached hydrogens (tertiary/aromatic N) is 1. The van der Waals surface area contributed by atoms with Crippen LogP contribution in [-0.2, 0) is 0 Å². The highest BCUT2D eigenvalue weighted by molar-refractivity contribution is 6.34. The molecule has 0 saturated carbocycles. The average Bonchev–Trinajstić information content (AvgIpc) is 2.41. The second-order valence-electron chi connectivity index (χ2n) is 4.30. The van der Waals surface area contributed by atoms with E-state index in [2.05, 4.69) is 4.98 Å². The Labute approximate surface area is 112 Å². The van der Waals surface area contributed by atoms with Crippen molar-refractivity contribution in [3.8, 4) is 0 Å². The third kappa shape index (κ3) is 2.44. The number of hydrogen-bond acceptors (Lipinski definition) is 2. The van der Waals surface area contributed by atoms with Crippen LogP contribution in [0, 0.1) is 6.92 Å². The molecule has 1 aromatic heterocycles. The van der Waals surface area contributed by atoms with Gasteiger partial charge in [-0.1, -0.05) is 30.7 Å². The number of hydrogen-bond donors (Lipinski definition) is 0. The fourth-order valence-corrected chi connectivity index (χ4v) is 2.09. The first kappa shape index (κ1) is 12.8. The smallest absolute Gasteiger partial charge is 0.171 e. The lowest BCUT2D eigenvalue weighted by molar-refractivity contribution is 0.0966. The zero-order valence-corrected chi connectivity index (χ0v) is 11.1. The van der Waals surface area contributed by atoms with E-state index in [0.29, 0.717) is 10.6 Å². The van der Waals surface area contributed by atoms with Crippen LogP contribution in [0.25, 0.3) is 0 Å². The molecule has 0 fully saturated rings. The third-order valence-corrected chi connectivity index (χ3v) is 3.56. The van der Waals surface area contributed by atoms with E-state index in [0.717, 1.165) is 11.1 Å². The fraction of sp³-hybridized carbons (Fsp3) is 0.200. The Morgan fingerprint density at radius 2 is 1.89 bits per heavy atom. The van der Waals surface area contributed by atoms with Gasteiger partial charge < -0.3 is 0 Å². The van der Waals surface area contributed by atoms with Crippen LogP contribution in [0.2, 0.25) is 5.02 Å². The lowest BCUT2D eigenvalue weighted by Crippen LogP contribution is -2.10. The van der Waals surface area contributed by atoms with Gasteiger partial charge in [-0.25, -0.2) is 0 Å². The molecule has 92 valence electrons. The van der Waals surface area contributed by atoms with Crippen LogP contribution in [0.3, 0.4) is 0 Å². The topological polar surface area (TPSA) is 30.0 Å². The SMILES string of the molecule is Cc1cccc(C(=O)C(C)c2ccncc2)c1Cl. The van der Waals surface area contributed by atoms with Crippen LogP contribution in [0.5, 0.6) is 0 Å². The Bertz CT molecular complexity index is 566. The highest BCUT2D eigenvalue weighted by Crippen LogP contribution is 2.26. The van der Waals surface area contributed by atoms with Crippen molar-refractivity contribution in [2.75, 3.05) is 0 Å². The van der Waals surface area contributed by atoms with Gasteiger partial charge in [-0.2, -0.15) is 0 Å². The van der Waals surface area contributed by atoms with E-state index in [1.54, 1.807) is 18.5 Å². The summed E-state index contributed by atoms with van der Waals surface area (Å²) in [7, 11) is 0. The predicted octanol–water partition coefficient (Wildman–Crippen LogP) is 4.03. The summed E-state index contributed by atoms with van der Waals surface area (Å²) in [6.07, 6.45) is 3.38. The Balaban J connectivity index is 2.35. The van der Waals surface area contributed by atoms with E-state index in [4.69, 9.17) is 11.6 Å². The molecule has 0 aliphatic carbocycles. The van der Waals surface area contributed by atoms with Crippen molar-refractivity contribution in [2.45, 2.75) is 19.8 Å². The number of rotatable bonds is 3.